The second-order valence-electron chi connectivity index (χ2n) is 7.79. The van der Waals surface area contributed by atoms with Crippen molar-refractivity contribution in [2.24, 2.45) is 5.10 Å². The number of anilines is 1. The van der Waals surface area contributed by atoms with Gasteiger partial charge in [-0.2, -0.15) is 5.10 Å². The van der Waals surface area contributed by atoms with Crippen molar-refractivity contribution >= 4 is 23.2 Å². The lowest BCUT2D eigenvalue weighted by Crippen LogP contribution is -2.09. The maximum atomic E-state index is 13.3. The van der Waals surface area contributed by atoms with Gasteiger partial charge >= 0.3 is 0 Å². The van der Waals surface area contributed by atoms with Gasteiger partial charge in [-0.25, -0.2) is 9.37 Å². The molecule has 5 rings (SSSR count). The lowest BCUT2D eigenvalue weighted by Gasteiger charge is -2.13. The SMILES string of the molecule is Fc1ccc(N/N=C(\CSc2ncc(-c3ccccc3)n2-c2ccccc2)c2ccccc2)cc1. The Bertz CT molecular complexity index is 1400. The Morgan fingerprint density at radius 1 is 0.800 bits per heavy atom. The van der Waals surface area contributed by atoms with Gasteiger partial charge in [-0.05, 0) is 42.0 Å². The van der Waals surface area contributed by atoms with Crippen LogP contribution in [0.1, 0.15) is 5.56 Å². The molecule has 0 aliphatic carbocycles. The molecule has 0 spiro atoms. The second-order valence-corrected chi connectivity index (χ2v) is 8.74. The third-order valence-electron chi connectivity index (χ3n) is 5.42. The number of aromatic nitrogens is 2. The van der Waals surface area contributed by atoms with Crippen molar-refractivity contribution in [2.75, 3.05) is 11.2 Å². The zero-order valence-electron chi connectivity index (χ0n) is 18.9. The number of hydrogen-bond acceptors (Lipinski definition) is 4. The van der Waals surface area contributed by atoms with Crippen molar-refractivity contribution in [2.45, 2.75) is 5.16 Å². The van der Waals surface area contributed by atoms with Crippen molar-refractivity contribution < 1.29 is 4.39 Å². The normalized spacial score (nSPS) is 11.4. The summed E-state index contributed by atoms with van der Waals surface area (Å²) in [5.74, 6) is 0.316. The van der Waals surface area contributed by atoms with E-state index in [1.165, 1.54) is 12.1 Å². The molecule has 0 saturated carbocycles. The molecule has 5 aromatic rings. The Hall–Kier alpha value is -4.16. The monoisotopic (exact) mass is 478 g/mol. The molecule has 0 bridgehead atoms. The minimum Gasteiger partial charge on any atom is -0.287 e. The van der Waals surface area contributed by atoms with E-state index in [1.54, 1.807) is 23.9 Å². The number of imidazole rings is 1. The fourth-order valence-electron chi connectivity index (χ4n) is 3.68. The third-order valence-corrected chi connectivity index (χ3v) is 6.39. The molecule has 6 heteroatoms. The first-order valence-corrected chi connectivity index (χ1v) is 12.2. The number of hydrazone groups is 1. The van der Waals surface area contributed by atoms with Gasteiger partial charge in [0, 0.05) is 17.0 Å². The molecule has 35 heavy (non-hydrogen) atoms. The van der Waals surface area contributed by atoms with E-state index in [2.05, 4.69) is 39.4 Å². The second kappa shape index (κ2) is 10.8. The lowest BCUT2D eigenvalue weighted by atomic mass is 10.1. The van der Waals surface area contributed by atoms with Crippen molar-refractivity contribution in [3.8, 4) is 16.9 Å². The Labute approximate surface area is 208 Å². The summed E-state index contributed by atoms with van der Waals surface area (Å²) in [6, 6.07) is 36.7. The summed E-state index contributed by atoms with van der Waals surface area (Å²) in [6.07, 6.45) is 1.92. The predicted octanol–water partition coefficient (Wildman–Crippen LogP) is 7.29. The Morgan fingerprint density at radius 2 is 1.43 bits per heavy atom. The van der Waals surface area contributed by atoms with Crippen LogP contribution in [0, 0.1) is 5.82 Å². The van der Waals surface area contributed by atoms with Crippen LogP contribution in [-0.4, -0.2) is 21.0 Å². The van der Waals surface area contributed by atoms with Gasteiger partial charge in [0.1, 0.15) is 5.82 Å². The highest BCUT2D eigenvalue weighted by Crippen LogP contribution is 2.30. The highest BCUT2D eigenvalue weighted by Gasteiger charge is 2.15. The average Bonchev–Trinajstić information content (AvgIpc) is 3.35. The molecule has 4 nitrogen and oxygen atoms in total. The Balaban J connectivity index is 1.46. The molecule has 1 aromatic heterocycles. The number of halogens is 1. The van der Waals surface area contributed by atoms with Gasteiger partial charge in [-0.3, -0.25) is 9.99 Å². The summed E-state index contributed by atoms with van der Waals surface area (Å²) in [5.41, 5.74) is 8.85. The molecule has 4 aromatic carbocycles. The smallest absolute Gasteiger partial charge is 0.173 e. The number of hydrogen-bond donors (Lipinski definition) is 1. The molecule has 0 aliphatic rings. The van der Waals surface area contributed by atoms with Gasteiger partial charge in [-0.15, -0.1) is 0 Å². The van der Waals surface area contributed by atoms with E-state index >= 15 is 0 Å². The zero-order chi connectivity index (χ0) is 23.9. The van der Waals surface area contributed by atoms with Crippen molar-refractivity contribution in [1.29, 1.82) is 0 Å². The van der Waals surface area contributed by atoms with Gasteiger partial charge in [0.15, 0.2) is 5.16 Å². The minimum atomic E-state index is -0.277. The van der Waals surface area contributed by atoms with E-state index in [0.717, 1.165) is 39.1 Å². The maximum absolute atomic E-state index is 13.3. The number of rotatable bonds is 8. The van der Waals surface area contributed by atoms with Crippen LogP contribution < -0.4 is 5.43 Å². The van der Waals surface area contributed by atoms with Crippen LogP contribution in [-0.2, 0) is 0 Å². The molecule has 0 radical (unpaired) electrons. The summed E-state index contributed by atoms with van der Waals surface area (Å²) in [5, 5.41) is 5.54. The van der Waals surface area contributed by atoms with Gasteiger partial charge in [-0.1, -0.05) is 90.6 Å². The third kappa shape index (κ3) is 5.50. The van der Waals surface area contributed by atoms with E-state index in [9.17, 15) is 4.39 Å². The van der Waals surface area contributed by atoms with E-state index in [-0.39, 0.29) is 5.82 Å². The van der Waals surface area contributed by atoms with Crippen LogP contribution in [0.15, 0.2) is 132 Å². The fraction of sp³-hybridized carbons (Fsp3) is 0.0345. The van der Waals surface area contributed by atoms with E-state index in [4.69, 9.17) is 4.98 Å². The van der Waals surface area contributed by atoms with Gasteiger partial charge in [0.05, 0.1) is 23.3 Å². The molecule has 0 aliphatic heterocycles. The number of thioether (sulfide) groups is 1. The van der Waals surface area contributed by atoms with Gasteiger partial charge in [0.2, 0.25) is 0 Å². The van der Waals surface area contributed by atoms with Crippen LogP contribution in [0.3, 0.4) is 0 Å². The Kier molecular flexibility index (Phi) is 7.01. The summed E-state index contributed by atoms with van der Waals surface area (Å²) in [4.78, 5) is 4.77. The van der Waals surface area contributed by atoms with Crippen LogP contribution in [0.4, 0.5) is 10.1 Å². The molecule has 0 saturated heterocycles. The van der Waals surface area contributed by atoms with E-state index in [0.29, 0.717) is 5.75 Å². The molecule has 0 atom stereocenters. The number of benzene rings is 4. The number of para-hydroxylation sites is 1. The van der Waals surface area contributed by atoms with E-state index < -0.39 is 0 Å². The molecule has 0 unspecified atom stereocenters. The molecular formula is C29H23FN4S. The first kappa shape index (κ1) is 22.6. The first-order chi connectivity index (χ1) is 17.3. The molecule has 1 N–H and O–H groups in total. The molecule has 172 valence electrons. The van der Waals surface area contributed by atoms with Crippen LogP contribution in [0.2, 0.25) is 0 Å². The van der Waals surface area contributed by atoms with Crippen LogP contribution in [0.25, 0.3) is 16.9 Å². The van der Waals surface area contributed by atoms with Crippen molar-refractivity contribution in [1.82, 2.24) is 9.55 Å². The van der Waals surface area contributed by atoms with Crippen molar-refractivity contribution in [3.05, 3.63) is 133 Å². The topological polar surface area (TPSA) is 42.2 Å². The quantitative estimate of drug-likeness (QED) is 0.145. The van der Waals surface area contributed by atoms with Gasteiger partial charge < -0.3 is 0 Å². The minimum absolute atomic E-state index is 0.277. The highest BCUT2D eigenvalue weighted by molar-refractivity contribution is 7.99. The summed E-state index contributed by atoms with van der Waals surface area (Å²) >= 11 is 1.62. The first-order valence-electron chi connectivity index (χ1n) is 11.2. The standard InChI is InChI=1S/C29H23FN4S/c30-24-16-18-25(19-17-24)32-33-27(22-10-4-1-5-11-22)21-35-29-31-20-28(23-12-6-2-7-13-23)34(29)26-14-8-3-9-15-26/h1-20,32H,21H2/b33-27+. The summed E-state index contributed by atoms with van der Waals surface area (Å²) in [7, 11) is 0. The maximum Gasteiger partial charge on any atom is 0.173 e. The van der Waals surface area contributed by atoms with Crippen LogP contribution in [0.5, 0.6) is 0 Å². The molecule has 0 fully saturated rings. The zero-order valence-corrected chi connectivity index (χ0v) is 19.7. The summed E-state index contributed by atoms with van der Waals surface area (Å²) < 4.78 is 15.5. The molecule has 1 heterocycles. The van der Waals surface area contributed by atoms with E-state index in [1.807, 2.05) is 72.9 Å². The predicted molar refractivity (Wildman–Crippen MR) is 143 cm³/mol. The van der Waals surface area contributed by atoms with Gasteiger partial charge in [0.25, 0.3) is 0 Å². The summed E-state index contributed by atoms with van der Waals surface area (Å²) in [6.45, 7) is 0. The molecule has 0 amide bonds. The van der Waals surface area contributed by atoms with Crippen LogP contribution >= 0.6 is 11.8 Å². The lowest BCUT2D eigenvalue weighted by molar-refractivity contribution is 0.628. The molecular weight excluding hydrogens is 455 g/mol. The Morgan fingerprint density at radius 3 is 2.11 bits per heavy atom. The highest BCUT2D eigenvalue weighted by atomic mass is 32.2. The van der Waals surface area contributed by atoms with Crippen molar-refractivity contribution in [3.63, 3.8) is 0 Å². The largest absolute Gasteiger partial charge is 0.287 e. The average molecular weight is 479 g/mol. The fourth-order valence-corrected chi connectivity index (χ4v) is 4.63. The number of nitrogens with zero attached hydrogens (tertiary/aromatic N) is 3. The number of nitrogens with one attached hydrogen (secondary N) is 1.